The molecular weight excluding hydrogens is 235 g/mol. The minimum atomic E-state index is -0.825. The maximum atomic E-state index is 11.9. The molecule has 1 aromatic carbocycles. The van der Waals surface area contributed by atoms with Crippen LogP contribution < -0.4 is 0 Å². The van der Waals surface area contributed by atoms with E-state index in [1.54, 1.807) is 0 Å². The minimum Gasteiger partial charge on any atom is -0.457 e. The molecule has 4 heteroatoms. The number of ether oxygens (including phenoxy) is 1. The van der Waals surface area contributed by atoms with Gasteiger partial charge in [0.05, 0.1) is 0 Å². The predicted molar refractivity (Wildman–Crippen MR) is 68.6 cm³/mol. The minimum absolute atomic E-state index is 0.242. The smallest absolute Gasteiger partial charge is 0.361 e. The highest BCUT2D eigenvalue weighted by Crippen LogP contribution is 2.32. The van der Waals surface area contributed by atoms with Gasteiger partial charge in [-0.2, -0.15) is 0 Å². The van der Waals surface area contributed by atoms with Gasteiger partial charge in [0.15, 0.2) is 0 Å². The molecule has 0 amide bonds. The molecule has 3 nitrogen and oxygen atoms in total. The van der Waals surface area contributed by atoms with Crippen LogP contribution in [-0.2, 0) is 20.7 Å². The van der Waals surface area contributed by atoms with Gasteiger partial charge >= 0.3 is 14.4 Å². The zero-order chi connectivity index (χ0) is 12.7. The number of rotatable bonds is 6. The molecule has 0 heterocycles. The lowest BCUT2D eigenvalue weighted by molar-refractivity contribution is -0.148. The number of carbonyl (C=O) groups is 1. The topological polar surface area (TPSA) is 43.4 Å². The fourth-order valence-corrected chi connectivity index (χ4v) is 2.03. The number of hydrogen-bond acceptors (Lipinski definition) is 3. The zero-order valence-corrected chi connectivity index (χ0v) is 11.2. The molecule has 0 aliphatic carbocycles. The van der Waals surface area contributed by atoms with E-state index in [4.69, 9.17) is 4.74 Å². The summed E-state index contributed by atoms with van der Waals surface area (Å²) in [7, 11) is -0.657. The van der Waals surface area contributed by atoms with Gasteiger partial charge in [-0.3, -0.25) is 0 Å². The molecular formula is C13H18O3P+. The van der Waals surface area contributed by atoms with Crippen LogP contribution in [0.15, 0.2) is 30.3 Å². The van der Waals surface area contributed by atoms with E-state index >= 15 is 0 Å². The summed E-state index contributed by atoms with van der Waals surface area (Å²) in [5.74, 6) is -0.361. The van der Waals surface area contributed by atoms with Gasteiger partial charge < -0.3 is 4.74 Å². The Labute approximate surface area is 103 Å². The van der Waals surface area contributed by atoms with Crippen molar-refractivity contribution in [1.29, 1.82) is 0 Å². The van der Waals surface area contributed by atoms with Crippen molar-refractivity contribution in [2.24, 2.45) is 0 Å². The summed E-state index contributed by atoms with van der Waals surface area (Å²) in [6.07, 6.45) is 1.08. The van der Waals surface area contributed by atoms with E-state index in [2.05, 4.69) is 0 Å². The normalized spacial score (nSPS) is 11.4. The Hall–Kier alpha value is -1.21. The molecule has 0 saturated carbocycles. The van der Waals surface area contributed by atoms with E-state index in [-0.39, 0.29) is 12.6 Å². The molecule has 0 spiro atoms. The average molecular weight is 253 g/mol. The van der Waals surface area contributed by atoms with E-state index in [1.165, 1.54) is 0 Å². The molecule has 1 aromatic rings. The van der Waals surface area contributed by atoms with Crippen LogP contribution in [-0.4, -0.2) is 11.1 Å². The first-order valence-corrected chi connectivity index (χ1v) is 6.69. The number of esters is 1. The lowest BCUT2D eigenvalue weighted by Crippen LogP contribution is -2.33. The summed E-state index contributed by atoms with van der Waals surface area (Å²) in [6, 6.07) is 9.49. The maximum Gasteiger partial charge on any atom is 0.361 e. The molecule has 0 saturated heterocycles. The third-order valence-electron chi connectivity index (χ3n) is 3.01. The largest absolute Gasteiger partial charge is 0.457 e. The Morgan fingerprint density at radius 1 is 1.24 bits per heavy atom. The van der Waals surface area contributed by atoms with Crippen molar-refractivity contribution in [3.63, 3.8) is 0 Å². The first-order valence-electron chi connectivity index (χ1n) is 5.79. The molecule has 1 atom stereocenters. The monoisotopic (exact) mass is 253 g/mol. The molecule has 92 valence electrons. The molecule has 0 aromatic heterocycles. The molecule has 1 rings (SSSR count). The van der Waals surface area contributed by atoms with Crippen LogP contribution in [0.3, 0.4) is 0 Å². The second-order valence-electron chi connectivity index (χ2n) is 3.95. The van der Waals surface area contributed by atoms with Crippen molar-refractivity contribution in [3.05, 3.63) is 35.9 Å². The van der Waals surface area contributed by atoms with E-state index in [9.17, 15) is 9.36 Å². The van der Waals surface area contributed by atoms with Crippen LogP contribution in [0, 0.1) is 0 Å². The third kappa shape index (κ3) is 3.37. The Bertz CT molecular complexity index is 372. The fraction of sp³-hybridized carbons (Fsp3) is 0.462. The van der Waals surface area contributed by atoms with Crippen molar-refractivity contribution in [3.8, 4) is 0 Å². The van der Waals surface area contributed by atoms with Gasteiger partial charge in [0, 0.05) is 12.8 Å². The highest BCUT2D eigenvalue weighted by atomic mass is 31.1. The number of hydrogen-bond donors (Lipinski definition) is 0. The first kappa shape index (κ1) is 13.9. The van der Waals surface area contributed by atoms with E-state index < -0.39 is 13.6 Å². The summed E-state index contributed by atoms with van der Waals surface area (Å²) in [5.41, 5.74) is 0.941. The number of carbonyl (C=O) groups excluding carboxylic acids is 1. The summed E-state index contributed by atoms with van der Waals surface area (Å²) in [5, 5.41) is -0.825. The molecule has 1 unspecified atom stereocenters. The Morgan fingerprint density at radius 3 is 2.29 bits per heavy atom. The molecule has 17 heavy (non-hydrogen) atoms. The Balaban J connectivity index is 2.63. The molecule has 0 aliphatic rings. The highest BCUT2D eigenvalue weighted by molar-refractivity contribution is 7.27. The van der Waals surface area contributed by atoms with Gasteiger partial charge in [-0.15, -0.1) is 0 Å². The standard InChI is InChI=1S/C13H17O3P/c1-3-13(4-2,17-15)12(14)16-10-11-8-6-5-7-9-11/h5-9H,3-4,10H2,1-2H3/p+1. The van der Waals surface area contributed by atoms with E-state index in [1.807, 2.05) is 44.2 Å². The van der Waals surface area contributed by atoms with Crippen LogP contribution >= 0.6 is 8.46 Å². The first-order chi connectivity index (χ1) is 8.18. The Kier molecular flexibility index (Phi) is 5.30. The fourth-order valence-electron chi connectivity index (χ4n) is 1.59. The van der Waals surface area contributed by atoms with Crippen LogP contribution in [0.4, 0.5) is 0 Å². The van der Waals surface area contributed by atoms with Gasteiger partial charge in [0.1, 0.15) is 6.61 Å². The van der Waals surface area contributed by atoms with Gasteiger partial charge in [-0.25, -0.2) is 4.79 Å². The van der Waals surface area contributed by atoms with Crippen molar-refractivity contribution in [2.45, 2.75) is 38.5 Å². The lowest BCUT2D eigenvalue weighted by Gasteiger charge is -2.15. The Morgan fingerprint density at radius 2 is 1.82 bits per heavy atom. The van der Waals surface area contributed by atoms with Crippen molar-refractivity contribution >= 4 is 14.4 Å². The second-order valence-corrected chi connectivity index (χ2v) is 5.11. The van der Waals surface area contributed by atoms with Gasteiger partial charge in [-0.05, 0) is 5.56 Å². The average Bonchev–Trinajstić information content (AvgIpc) is 2.40. The van der Waals surface area contributed by atoms with Crippen molar-refractivity contribution in [2.75, 3.05) is 0 Å². The second kappa shape index (κ2) is 6.51. The van der Waals surface area contributed by atoms with Gasteiger partial charge in [0.25, 0.3) is 5.16 Å². The highest BCUT2D eigenvalue weighted by Gasteiger charge is 2.45. The number of benzene rings is 1. The molecule has 0 N–H and O–H groups in total. The van der Waals surface area contributed by atoms with E-state index in [0.29, 0.717) is 12.8 Å². The summed E-state index contributed by atoms with van der Waals surface area (Å²) in [6.45, 7) is 3.96. The summed E-state index contributed by atoms with van der Waals surface area (Å²) in [4.78, 5) is 11.9. The van der Waals surface area contributed by atoms with E-state index in [0.717, 1.165) is 5.56 Å². The van der Waals surface area contributed by atoms with Gasteiger partial charge in [-0.1, -0.05) is 48.7 Å². The van der Waals surface area contributed by atoms with Crippen LogP contribution in [0.5, 0.6) is 0 Å². The quantitative estimate of drug-likeness (QED) is 0.577. The van der Waals surface area contributed by atoms with Gasteiger partial charge in [0.2, 0.25) is 0 Å². The predicted octanol–water partition coefficient (Wildman–Crippen LogP) is 3.31. The van der Waals surface area contributed by atoms with Crippen LogP contribution in [0.25, 0.3) is 0 Å². The molecule has 0 fully saturated rings. The van der Waals surface area contributed by atoms with Crippen LogP contribution in [0.1, 0.15) is 32.3 Å². The van der Waals surface area contributed by atoms with Crippen LogP contribution in [0.2, 0.25) is 0 Å². The molecule has 0 aliphatic heterocycles. The lowest BCUT2D eigenvalue weighted by atomic mass is 10.0. The van der Waals surface area contributed by atoms with Crippen molar-refractivity contribution in [1.82, 2.24) is 0 Å². The van der Waals surface area contributed by atoms with Crippen molar-refractivity contribution < 1.29 is 14.1 Å². The summed E-state index contributed by atoms with van der Waals surface area (Å²) >= 11 is 0. The zero-order valence-electron chi connectivity index (χ0n) is 10.2. The molecule has 0 bridgehead atoms. The molecule has 0 radical (unpaired) electrons. The summed E-state index contributed by atoms with van der Waals surface area (Å²) < 4.78 is 16.4. The third-order valence-corrected chi connectivity index (χ3v) is 4.31. The SMILES string of the molecule is CCC(CC)([PH+]=O)C(=O)OCc1ccccc1. The maximum absolute atomic E-state index is 11.9.